The summed E-state index contributed by atoms with van der Waals surface area (Å²) in [7, 11) is 0. The lowest BCUT2D eigenvalue weighted by Crippen LogP contribution is -2.07. The molecule has 0 fully saturated rings. The predicted octanol–water partition coefficient (Wildman–Crippen LogP) is 3.80. The number of nitrogens with zero attached hydrogens (tertiary/aromatic N) is 2. The van der Waals surface area contributed by atoms with Crippen LogP contribution in [0.25, 0.3) is 6.08 Å². The molecular formula is C12H8F3N3OS2. The smallest absolute Gasteiger partial charge is 0.297 e. The Kier molecular flexibility index (Phi) is 4.97. The topological polar surface area (TPSA) is 54.9 Å². The van der Waals surface area contributed by atoms with Crippen molar-refractivity contribution in [1.29, 1.82) is 0 Å². The van der Waals surface area contributed by atoms with Crippen LogP contribution in [0, 0.1) is 0 Å². The first kappa shape index (κ1) is 15.5. The van der Waals surface area contributed by atoms with Crippen LogP contribution in [0.3, 0.4) is 0 Å². The molecule has 2 aromatic rings. The first-order valence-electron chi connectivity index (χ1n) is 5.53. The summed E-state index contributed by atoms with van der Waals surface area (Å²) in [6.45, 7) is 0. The number of aromatic nitrogens is 2. The van der Waals surface area contributed by atoms with E-state index in [9.17, 15) is 18.0 Å². The van der Waals surface area contributed by atoms with E-state index in [1.165, 1.54) is 53.3 Å². The van der Waals surface area contributed by atoms with Crippen molar-refractivity contribution in [3.05, 3.63) is 41.4 Å². The average Bonchev–Trinajstić information content (AvgIpc) is 2.89. The zero-order chi connectivity index (χ0) is 15.3. The molecule has 0 spiro atoms. The molecule has 0 bridgehead atoms. The van der Waals surface area contributed by atoms with Crippen molar-refractivity contribution in [3.8, 4) is 0 Å². The number of thioether (sulfide) groups is 1. The molecule has 4 nitrogen and oxygen atoms in total. The van der Waals surface area contributed by atoms with Gasteiger partial charge in [-0.1, -0.05) is 23.5 Å². The fourth-order valence-corrected chi connectivity index (χ4v) is 2.31. The number of hydrogen-bond acceptors (Lipinski definition) is 5. The van der Waals surface area contributed by atoms with Crippen LogP contribution in [-0.2, 0) is 4.79 Å². The van der Waals surface area contributed by atoms with Crippen LogP contribution in [0.4, 0.5) is 18.3 Å². The van der Waals surface area contributed by atoms with Gasteiger partial charge in [-0.05, 0) is 35.5 Å². The number of benzene rings is 1. The number of halogens is 3. The monoisotopic (exact) mass is 331 g/mol. The van der Waals surface area contributed by atoms with E-state index in [4.69, 9.17) is 0 Å². The van der Waals surface area contributed by atoms with Crippen LogP contribution in [0.1, 0.15) is 5.56 Å². The molecular weight excluding hydrogens is 323 g/mol. The van der Waals surface area contributed by atoms with Crippen molar-refractivity contribution in [2.75, 3.05) is 5.32 Å². The van der Waals surface area contributed by atoms with Gasteiger partial charge in [0.2, 0.25) is 11.0 Å². The second kappa shape index (κ2) is 6.72. The van der Waals surface area contributed by atoms with Crippen molar-refractivity contribution in [1.82, 2.24) is 10.2 Å². The minimum atomic E-state index is -4.31. The molecule has 21 heavy (non-hydrogen) atoms. The van der Waals surface area contributed by atoms with Crippen LogP contribution < -0.4 is 5.32 Å². The fraction of sp³-hybridized carbons (Fsp3) is 0.0833. The molecule has 1 N–H and O–H groups in total. The summed E-state index contributed by atoms with van der Waals surface area (Å²) in [6.07, 6.45) is 2.77. The van der Waals surface area contributed by atoms with Gasteiger partial charge in [-0.3, -0.25) is 10.1 Å². The van der Waals surface area contributed by atoms with Crippen LogP contribution in [0.2, 0.25) is 0 Å². The van der Waals surface area contributed by atoms with E-state index >= 15 is 0 Å². The zero-order valence-electron chi connectivity index (χ0n) is 10.3. The van der Waals surface area contributed by atoms with Gasteiger partial charge in [0, 0.05) is 11.0 Å². The Bertz CT molecular complexity index is 624. The zero-order valence-corrected chi connectivity index (χ0v) is 11.9. The second-order valence-corrected chi connectivity index (χ2v) is 5.65. The molecule has 1 aromatic carbocycles. The van der Waals surface area contributed by atoms with Crippen LogP contribution in [0.5, 0.6) is 0 Å². The van der Waals surface area contributed by atoms with Gasteiger partial charge in [-0.25, -0.2) is 0 Å². The van der Waals surface area contributed by atoms with Gasteiger partial charge < -0.3 is 0 Å². The third kappa shape index (κ3) is 5.56. The highest BCUT2D eigenvalue weighted by atomic mass is 32.2. The van der Waals surface area contributed by atoms with Crippen LogP contribution in [0.15, 0.2) is 40.7 Å². The van der Waals surface area contributed by atoms with E-state index in [1.807, 2.05) is 0 Å². The van der Waals surface area contributed by atoms with Crippen molar-refractivity contribution in [3.63, 3.8) is 0 Å². The Labute approximate surface area is 126 Å². The number of rotatable bonds is 4. The quantitative estimate of drug-likeness (QED) is 0.684. The number of nitrogens with one attached hydrogen (secondary N) is 1. The lowest BCUT2D eigenvalue weighted by atomic mass is 10.2. The molecule has 0 radical (unpaired) electrons. The molecule has 1 aromatic heterocycles. The summed E-state index contributed by atoms with van der Waals surface area (Å²) < 4.78 is 36.5. The summed E-state index contributed by atoms with van der Waals surface area (Å²) in [5, 5.41) is 10.1. The molecule has 0 unspecified atom stereocenters. The van der Waals surface area contributed by atoms with Gasteiger partial charge in [-0.2, -0.15) is 13.2 Å². The third-order valence-electron chi connectivity index (χ3n) is 2.13. The van der Waals surface area contributed by atoms with Gasteiger partial charge >= 0.3 is 5.51 Å². The lowest BCUT2D eigenvalue weighted by Gasteiger charge is -2.05. The highest BCUT2D eigenvalue weighted by Gasteiger charge is 2.28. The first-order chi connectivity index (χ1) is 9.92. The van der Waals surface area contributed by atoms with Crippen molar-refractivity contribution < 1.29 is 18.0 Å². The highest BCUT2D eigenvalue weighted by Crippen LogP contribution is 2.36. The number of hydrogen-bond donors (Lipinski definition) is 1. The molecule has 1 heterocycles. The van der Waals surface area contributed by atoms with Gasteiger partial charge in [-0.15, -0.1) is 10.2 Å². The fourth-order valence-electron chi connectivity index (χ4n) is 1.33. The third-order valence-corrected chi connectivity index (χ3v) is 3.48. The van der Waals surface area contributed by atoms with E-state index in [0.717, 1.165) is 0 Å². The number of carbonyl (C=O) groups excluding carboxylic acids is 1. The number of anilines is 1. The summed E-state index contributed by atoms with van der Waals surface area (Å²) in [5.41, 5.74) is -2.20. The van der Waals surface area contributed by atoms with E-state index < -0.39 is 5.51 Å². The van der Waals surface area contributed by atoms with Crippen molar-refractivity contribution in [2.45, 2.75) is 10.4 Å². The number of amides is 1. The standard InChI is InChI=1S/C12H8F3N3OS2/c13-12(14,15)21-9-4-1-8(2-5-9)3-6-10(19)17-11-18-16-7-20-11/h1-7H,(H,17,18,19)/b6-3+. The molecule has 0 aliphatic carbocycles. The maximum absolute atomic E-state index is 12.2. The van der Waals surface area contributed by atoms with E-state index in [0.29, 0.717) is 10.7 Å². The minimum absolute atomic E-state index is 0.0953. The summed E-state index contributed by atoms with van der Waals surface area (Å²) >= 11 is 1.00. The highest BCUT2D eigenvalue weighted by molar-refractivity contribution is 8.00. The number of alkyl halides is 3. The molecule has 0 saturated carbocycles. The SMILES string of the molecule is O=C(/C=C/c1ccc(SC(F)(F)F)cc1)Nc1nncs1. The average molecular weight is 331 g/mol. The van der Waals surface area contributed by atoms with E-state index in [2.05, 4.69) is 15.5 Å². The van der Waals surface area contributed by atoms with Gasteiger partial charge in [0.05, 0.1) is 0 Å². The predicted molar refractivity (Wildman–Crippen MR) is 75.9 cm³/mol. The molecule has 0 atom stereocenters. The Morgan fingerprint density at radius 1 is 1.29 bits per heavy atom. The van der Waals surface area contributed by atoms with E-state index in [1.54, 1.807) is 0 Å². The molecule has 110 valence electrons. The second-order valence-electron chi connectivity index (χ2n) is 3.68. The van der Waals surface area contributed by atoms with Gasteiger partial charge in [0.15, 0.2) is 0 Å². The van der Waals surface area contributed by atoms with Gasteiger partial charge in [0.25, 0.3) is 0 Å². The minimum Gasteiger partial charge on any atom is -0.297 e. The normalized spacial score (nSPS) is 11.8. The summed E-state index contributed by atoms with van der Waals surface area (Å²) in [4.78, 5) is 11.6. The van der Waals surface area contributed by atoms with Gasteiger partial charge in [0.1, 0.15) is 5.51 Å². The molecule has 2 rings (SSSR count). The molecule has 0 saturated heterocycles. The van der Waals surface area contributed by atoms with Crippen LogP contribution >= 0.6 is 23.1 Å². The van der Waals surface area contributed by atoms with Crippen LogP contribution in [-0.4, -0.2) is 21.6 Å². The molecule has 9 heteroatoms. The van der Waals surface area contributed by atoms with Crippen molar-refractivity contribution >= 4 is 40.2 Å². The largest absolute Gasteiger partial charge is 0.446 e. The lowest BCUT2D eigenvalue weighted by molar-refractivity contribution is -0.111. The summed E-state index contributed by atoms with van der Waals surface area (Å²) in [6, 6.07) is 5.70. The molecule has 1 amide bonds. The summed E-state index contributed by atoms with van der Waals surface area (Å²) in [5.74, 6) is -0.388. The molecule has 0 aliphatic rings. The molecule has 0 aliphatic heterocycles. The Balaban J connectivity index is 1.93. The Morgan fingerprint density at radius 3 is 2.57 bits per heavy atom. The Morgan fingerprint density at radius 2 is 2.00 bits per heavy atom. The van der Waals surface area contributed by atoms with Crippen molar-refractivity contribution in [2.24, 2.45) is 0 Å². The maximum Gasteiger partial charge on any atom is 0.446 e. The van der Waals surface area contributed by atoms with E-state index in [-0.39, 0.29) is 22.6 Å². The first-order valence-corrected chi connectivity index (χ1v) is 7.23. The number of carbonyl (C=O) groups is 1. The maximum atomic E-state index is 12.2. The Hall–Kier alpha value is -1.87.